The first-order valence-electron chi connectivity index (χ1n) is 6.83. The van der Waals surface area contributed by atoms with Gasteiger partial charge in [0.25, 0.3) is 0 Å². The van der Waals surface area contributed by atoms with Crippen molar-refractivity contribution in [2.45, 2.75) is 12.8 Å². The van der Waals surface area contributed by atoms with Gasteiger partial charge >= 0.3 is 0 Å². The van der Waals surface area contributed by atoms with Gasteiger partial charge in [0.1, 0.15) is 0 Å². The van der Waals surface area contributed by atoms with Crippen LogP contribution in [0.25, 0.3) is 0 Å². The Labute approximate surface area is 127 Å². The molecule has 1 amide bonds. The summed E-state index contributed by atoms with van der Waals surface area (Å²) in [7, 11) is 1.66. The first-order chi connectivity index (χ1) is 9.60. The van der Waals surface area contributed by atoms with E-state index in [0.717, 1.165) is 29.4 Å². The molecule has 2 rings (SSSR count). The minimum atomic E-state index is 0.00599. The van der Waals surface area contributed by atoms with Crippen LogP contribution in [0.2, 0.25) is 0 Å². The molecule has 1 unspecified atom stereocenters. The van der Waals surface area contributed by atoms with Gasteiger partial charge in [-0.05, 0) is 31.5 Å². The van der Waals surface area contributed by atoms with Crippen molar-refractivity contribution in [2.24, 2.45) is 5.92 Å². The highest BCUT2D eigenvalue weighted by molar-refractivity contribution is 9.10. The summed E-state index contributed by atoms with van der Waals surface area (Å²) >= 11 is 3.36. The van der Waals surface area contributed by atoms with Crippen LogP contribution in [0.5, 0.6) is 0 Å². The Kier molecular flexibility index (Phi) is 5.31. The number of rotatable bonds is 4. The summed E-state index contributed by atoms with van der Waals surface area (Å²) in [5.74, 6) is 0.187. The molecule has 0 radical (unpaired) electrons. The molecule has 1 saturated heterocycles. The lowest BCUT2D eigenvalue weighted by Crippen LogP contribution is -2.44. The monoisotopic (exact) mass is 338 g/mol. The van der Waals surface area contributed by atoms with Gasteiger partial charge < -0.3 is 5.32 Å². The standard InChI is InChI=1S/C15H19BrN2O2/c1-17-15(20)12-3-2-8-18(9-12)10-14(19)11-4-6-13(16)7-5-11/h4-7,12H,2-3,8-10H2,1H3,(H,17,20). The van der Waals surface area contributed by atoms with Gasteiger partial charge in [0, 0.05) is 23.6 Å². The van der Waals surface area contributed by atoms with Crippen LogP contribution in [0.4, 0.5) is 0 Å². The van der Waals surface area contributed by atoms with Crippen molar-refractivity contribution in [1.82, 2.24) is 10.2 Å². The average molecular weight is 339 g/mol. The molecule has 1 fully saturated rings. The summed E-state index contributed by atoms with van der Waals surface area (Å²) < 4.78 is 0.965. The molecule has 5 heteroatoms. The molecule has 1 atom stereocenters. The topological polar surface area (TPSA) is 49.4 Å². The van der Waals surface area contributed by atoms with E-state index in [1.54, 1.807) is 7.05 Å². The summed E-state index contributed by atoms with van der Waals surface area (Å²) in [6.07, 6.45) is 1.87. The number of hydrogen-bond donors (Lipinski definition) is 1. The Balaban J connectivity index is 1.94. The SMILES string of the molecule is CNC(=O)C1CCCN(CC(=O)c2ccc(Br)cc2)C1. The Morgan fingerprint density at radius 3 is 2.70 bits per heavy atom. The highest BCUT2D eigenvalue weighted by atomic mass is 79.9. The molecule has 0 bridgehead atoms. The van der Waals surface area contributed by atoms with Gasteiger partial charge in [-0.2, -0.15) is 0 Å². The van der Waals surface area contributed by atoms with Crippen LogP contribution in [-0.4, -0.2) is 43.3 Å². The predicted octanol–water partition coefficient (Wildman–Crippen LogP) is 2.09. The average Bonchev–Trinajstić information content (AvgIpc) is 2.47. The number of nitrogens with one attached hydrogen (secondary N) is 1. The molecular formula is C15H19BrN2O2. The Bertz CT molecular complexity index is 487. The van der Waals surface area contributed by atoms with Crippen molar-refractivity contribution in [3.8, 4) is 0 Å². The van der Waals surface area contributed by atoms with E-state index in [9.17, 15) is 9.59 Å². The second kappa shape index (κ2) is 6.99. The van der Waals surface area contributed by atoms with Gasteiger partial charge in [-0.15, -0.1) is 0 Å². The van der Waals surface area contributed by atoms with Crippen molar-refractivity contribution in [3.05, 3.63) is 34.3 Å². The van der Waals surface area contributed by atoms with Crippen LogP contribution < -0.4 is 5.32 Å². The van der Waals surface area contributed by atoms with E-state index in [4.69, 9.17) is 0 Å². The maximum absolute atomic E-state index is 12.2. The molecule has 20 heavy (non-hydrogen) atoms. The molecule has 0 saturated carbocycles. The van der Waals surface area contributed by atoms with Gasteiger partial charge in [-0.3, -0.25) is 14.5 Å². The molecule has 0 spiro atoms. The number of carbonyl (C=O) groups excluding carboxylic acids is 2. The fraction of sp³-hybridized carbons (Fsp3) is 0.467. The molecule has 0 aliphatic carbocycles. The van der Waals surface area contributed by atoms with Gasteiger partial charge in [0.05, 0.1) is 12.5 Å². The summed E-state index contributed by atoms with van der Waals surface area (Å²) in [4.78, 5) is 26.0. The zero-order valence-electron chi connectivity index (χ0n) is 11.6. The van der Waals surface area contributed by atoms with Gasteiger partial charge in [-0.1, -0.05) is 28.1 Å². The Morgan fingerprint density at radius 1 is 1.35 bits per heavy atom. The number of halogens is 1. The number of Topliss-reactive ketones (excluding diaryl/α,β-unsaturated/α-hetero) is 1. The summed E-state index contributed by atoms with van der Waals surface area (Å²) in [6.45, 7) is 1.94. The zero-order valence-corrected chi connectivity index (χ0v) is 13.1. The third-order valence-corrected chi connectivity index (χ3v) is 4.18. The largest absolute Gasteiger partial charge is 0.359 e. The van der Waals surface area contributed by atoms with Crippen LogP contribution >= 0.6 is 15.9 Å². The van der Waals surface area contributed by atoms with Crippen LogP contribution in [0.15, 0.2) is 28.7 Å². The number of piperidine rings is 1. The van der Waals surface area contributed by atoms with Crippen molar-refractivity contribution < 1.29 is 9.59 Å². The molecule has 1 aliphatic heterocycles. The first kappa shape index (κ1) is 15.2. The molecule has 108 valence electrons. The van der Waals surface area contributed by atoms with E-state index >= 15 is 0 Å². The van der Waals surface area contributed by atoms with Crippen LogP contribution in [0, 0.1) is 5.92 Å². The molecule has 1 N–H and O–H groups in total. The first-order valence-corrected chi connectivity index (χ1v) is 7.62. The third-order valence-electron chi connectivity index (χ3n) is 3.66. The lowest BCUT2D eigenvalue weighted by molar-refractivity contribution is -0.126. The van der Waals surface area contributed by atoms with E-state index in [-0.39, 0.29) is 17.6 Å². The molecule has 0 aromatic heterocycles. The van der Waals surface area contributed by atoms with Crippen LogP contribution in [0.1, 0.15) is 23.2 Å². The predicted molar refractivity (Wildman–Crippen MR) is 81.7 cm³/mol. The van der Waals surface area contributed by atoms with Gasteiger partial charge in [-0.25, -0.2) is 0 Å². The number of hydrogen-bond acceptors (Lipinski definition) is 3. The van der Waals surface area contributed by atoms with Crippen molar-refractivity contribution >= 4 is 27.6 Å². The van der Waals surface area contributed by atoms with Crippen molar-refractivity contribution in [1.29, 1.82) is 0 Å². The third kappa shape index (κ3) is 3.90. The second-order valence-electron chi connectivity index (χ2n) is 5.12. The molecule has 1 aliphatic rings. The molecular weight excluding hydrogens is 320 g/mol. The Hall–Kier alpha value is -1.20. The number of amides is 1. The van der Waals surface area contributed by atoms with Gasteiger partial charge in [0.2, 0.25) is 5.91 Å². The minimum absolute atomic E-state index is 0.00599. The van der Waals surface area contributed by atoms with Crippen LogP contribution in [-0.2, 0) is 4.79 Å². The fourth-order valence-electron chi connectivity index (χ4n) is 2.55. The number of ketones is 1. The zero-order chi connectivity index (χ0) is 14.5. The smallest absolute Gasteiger partial charge is 0.224 e. The number of carbonyl (C=O) groups is 2. The minimum Gasteiger partial charge on any atom is -0.359 e. The van der Waals surface area contributed by atoms with E-state index in [1.165, 1.54) is 0 Å². The summed E-state index contributed by atoms with van der Waals surface area (Å²) in [6, 6.07) is 7.40. The quantitative estimate of drug-likeness (QED) is 0.855. The lowest BCUT2D eigenvalue weighted by Gasteiger charge is -2.31. The highest BCUT2D eigenvalue weighted by Gasteiger charge is 2.26. The maximum atomic E-state index is 12.2. The van der Waals surface area contributed by atoms with E-state index in [1.807, 2.05) is 24.3 Å². The second-order valence-corrected chi connectivity index (χ2v) is 6.03. The maximum Gasteiger partial charge on any atom is 0.224 e. The van der Waals surface area contributed by atoms with Gasteiger partial charge in [0.15, 0.2) is 5.78 Å². The number of nitrogens with zero attached hydrogens (tertiary/aromatic N) is 1. The highest BCUT2D eigenvalue weighted by Crippen LogP contribution is 2.17. The molecule has 1 aromatic carbocycles. The van der Waals surface area contributed by atoms with E-state index < -0.39 is 0 Å². The molecule has 4 nitrogen and oxygen atoms in total. The molecule has 1 heterocycles. The van der Waals surface area contributed by atoms with Crippen LogP contribution in [0.3, 0.4) is 0 Å². The number of benzene rings is 1. The summed E-state index contributed by atoms with van der Waals surface area (Å²) in [5, 5.41) is 2.69. The van der Waals surface area contributed by atoms with E-state index in [0.29, 0.717) is 13.1 Å². The normalized spacial score (nSPS) is 19.6. The number of likely N-dealkylation sites (tertiary alicyclic amines) is 1. The fourth-order valence-corrected chi connectivity index (χ4v) is 2.81. The van der Waals surface area contributed by atoms with Crippen molar-refractivity contribution in [2.75, 3.05) is 26.7 Å². The lowest BCUT2D eigenvalue weighted by atomic mass is 9.96. The van der Waals surface area contributed by atoms with Crippen molar-refractivity contribution in [3.63, 3.8) is 0 Å². The van der Waals surface area contributed by atoms with E-state index in [2.05, 4.69) is 26.1 Å². The molecule has 1 aromatic rings. The Morgan fingerprint density at radius 2 is 2.05 bits per heavy atom. The summed E-state index contributed by atoms with van der Waals surface area (Å²) in [5.41, 5.74) is 0.718.